The minimum Gasteiger partial charge on any atom is -0.508 e. The van der Waals surface area contributed by atoms with Gasteiger partial charge in [-0.1, -0.05) is 32.4 Å². The van der Waals surface area contributed by atoms with Crippen molar-refractivity contribution >= 4 is 23.8 Å². The number of amides is 3. The highest BCUT2D eigenvalue weighted by atomic mass is 16.5. The molecular weight excluding hydrogens is 524 g/mol. The molecule has 2 heterocycles. The Bertz CT molecular complexity index is 1280. The molecule has 0 aromatic heterocycles. The van der Waals surface area contributed by atoms with Gasteiger partial charge in [0, 0.05) is 24.7 Å². The van der Waals surface area contributed by atoms with Crippen LogP contribution in [0.2, 0.25) is 0 Å². The van der Waals surface area contributed by atoms with Crippen LogP contribution in [0.5, 0.6) is 17.2 Å². The number of aromatic hydroxyl groups is 1. The SMILES string of the molecule is CCC(C)C1NC(=O)C2C(CCN2C(=O)C(Cc2ccc(O)cc2)N(C)C)Oc2ccc(OC)c(c2)C=CNC1=O. The number of likely N-dealkylation sites (N-methyl/N-ethyl adjacent to an activating group) is 1. The van der Waals surface area contributed by atoms with Gasteiger partial charge in [0.1, 0.15) is 35.4 Å². The summed E-state index contributed by atoms with van der Waals surface area (Å²) in [6, 6.07) is 9.77. The number of fused-ring (bicyclic) bond motifs is 3. The van der Waals surface area contributed by atoms with E-state index in [1.54, 1.807) is 60.6 Å². The van der Waals surface area contributed by atoms with Crippen molar-refractivity contribution in [3.05, 3.63) is 59.8 Å². The first-order valence-electron chi connectivity index (χ1n) is 14.0. The van der Waals surface area contributed by atoms with E-state index < -0.39 is 30.1 Å². The van der Waals surface area contributed by atoms with Gasteiger partial charge in [-0.25, -0.2) is 0 Å². The van der Waals surface area contributed by atoms with Gasteiger partial charge in [0.2, 0.25) is 17.7 Å². The molecule has 2 aliphatic heterocycles. The van der Waals surface area contributed by atoms with Crippen LogP contribution < -0.4 is 20.1 Å². The second-order valence-corrected chi connectivity index (χ2v) is 10.9. The third-order valence-corrected chi connectivity index (χ3v) is 7.94. The molecule has 1 fully saturated rings. The van der Waals surface area contributed by atoms with Gasteiger partial charge in [-0.15, -0.1) is 0 Å². The largest absolute Gasteiger partial charge is 0.508 e. The molecule has 2 aromatic carbocycles. The lowest BCUT2D eigenvalue weighted by molar-refractivity contribution is -0.144. The number of hydrogen-bond acceptors (Lipinski definition) is 7. The maximum absolute atomic E-state index is 14.1. The molecule has 1 saturated heterocycles. The van der Waals surface area contributed by atoms with Crippen LogP contribution in [-0.4, -0.2) is 84.6 Å². The van der Waals surface area contributed by atoms with E-state index in [0.29, 0.717) is 42.9 Å². The van der Waals surface area contributed by atoms with Crippen LogP contribution in [0, 0.1) is 5.92 Å². The Morgan fingerprint density at radius 3 is 2.56 bits per heavy atom. The van der Waals surface area contributed by atoms with Crippen LogP contribution >= 0.6 is 0 Å². The number of methoxy groups -OCH3 is 1. The number of hydrogen-bond donors (Lipinski definition) is 3. The predicted molar refractivity (Wildman–Crippen MR) is 155 cm³/mol. The minimum atomic E-state index is -0.941. The number of benzene rings is 2. The number of carbonyl (C=O) groups excluding carboxylic acids is 3. The average Bonchev–Trinajstić information content (AvgIpc) is 3.37. The molecule has 41 heavy (non-hydrogen) atoms. The van der Waals surface area contributed by atoms with Gasteiger partial charge in [-0.3, -0.25) is 19.3 Å². The maximum atomic E-state index is 14.1. The summed E-state index contributed by atoms with van der Waals surface area (Å²) < 4.78 is 11.8. The number of ether oxygens (including phenoxy) is 2. The summed E-state index contributed by atoms with van der Waals surface area (Å²) in [5.41, 5.74) is 1.58. The first-order valence-corrected chi connectivity index (χ1v) is 14.0. The van der Waals surface area contributed by atoms with Crippen molar-refractivity contribution in [1.82, 2.24) is 20.4 Å². The Hall–Kier alpha value is -4.05. The lowest BCUT2D eigenvalue weighted by atomic mass is 9.97. The van der Waals surface area contributed by atoms with E-state index in [1.165, 1.54) is 6.20 Å². The fourth-order valence-corrected chi connectivity index (χ4v) is 5.32. The van der Waals surface area contributed by atoms with E-state index in [4.69, 9.17) is 9.47 Å². The topological polar surface area (TPSA) is 120 Å². The molecule has 0 aliphatic carbocycles. The average molecular weight is 565 g/mol. The molecule has 5 atom stereocenters. The number of nitrogens with zero attached hydrogens (tertiary/aromatic N) is 2. The molecule has 2 aromatic rings. The Morgan fingerprint density at radius 2 is 1.90 bits per heavy atom. The molecule has 220 valence electrons. The minimum absolute atomic E-state index is 0.151. The van der Waals surface area contributed by atoms with Crippen LogP contribution in [0.25, 0.3) is 6.08 Å². The molecule has 2 aliphatic rings. The molecule has 3 amide bonds. The molecule has 0 saturated carbocycles. The molecule has 10 heteroatoms. The van der Waals surface area contributed by atoms with Gasteiger partial charge in [0.15, 0.2) is 0 Å². The molecular formula is C31H40N4O6. The number of phenols is 1. The molecule has 4 rings (SSSR count). The van der Waals surface area contributed by atoms with Crippen molar-refractivity contribution in [3.63, 3.8) is 0 Å². The van der Waals surface area contributed by atoms with Crippen LogP contribution in [0.1, 0.15) is 37.8 Å². The van der Waals surface area contributed by atoms with Crippen molar-refractivity contribution in [2.24, 2.45) is 5.92 Å². The van der Waals surface area contributed by atoms with Crippen molar-refractivity contribution in [3.8, 4) is 17.2 Å². The van der Waals surface area contributed by atoms with Crippen LogP contribution in [0.4, 0.5) is 0 Å². The first kappa shape index (κ1) is 29.9. The maximum Gasteiger partial charge on any atom is 0.247 e. The van der Waals surface area contributed by atoms with E-state index in [9.17, 15) is 19.5 Å². The highest BCUT2D eigenvalue weighted by molar-refractivity contribution is 5.94. The van der Waals surface area contributed by atoms with Crippen LogP contribution in [0.15, 0.2) is 48.7 Å². The van der Waals surface area contributed by atoms with Gasteiger partial charge < -0.3 is 30.1 Å². The van der Waals surface area contributed by atoms with Crippen molar-refractivity contribution in [2.45, 2.75) is 57.3 Å². The predicted octanol–water partition coefficient (Wildman–Crippen LogP) is 2.55. The van der Waals surface area contributed by atoms with Crippen LogP contribution in [-0.2, 0) is 20.8 Å². The highest BCUT2D eigenvalue weighted by Crippen LogP contribution is 2.30. The summed E-state index contributed by atoms with van der Waals surface area (Å²) in [5, 5.41) is 15.4. The number of likely N-dealkylation sites (tertiary alicyclic amines) is 1. The van der Waals surface area contributed by atoms with Gasteiger partial charge in [0.25, 0.3) is 0 Å². The van der Waals surface area contributed by atoms with Crippen LogP contribution in [0.3, 0.4) is 0 Å². The number of rotatable bonds is 7. The quantitative estimate of drug-likeness (QED) is 0.473. The Morgan fingerprint density at radius 1 is 1.17 bits per heavy atom. The number of phenolic OH excluding ortho intramolecular Hbond substituents is 1. The molecule has 0 radical (unpaired) electrons. The zero-order valence-electron chi connectivity index (χ0n) is 24.3. The third kappa shape index (κ3) is 6.82. The fourth-order valence-electron chi connectivity index (χ4n) is 5.32. The Balaban J connectivity index is 1.70. The molecule has 10 nitrogen and oxygen atoms in total. The van der Waals surface area contributed by atoms with E-state index in [1.807, 2.05) is 32.8 Å². The molecule has 2 bridgehead atoms. The summed E-state index contributed by atoms with van der Waals surface area (Å²) in [6.45, 7) is 4.19. The third-order valence-electron chi connectivity index (χ3n) is 7.94. The second-order valence-electron chi connectivity index (χ2n) is 10.9. The van der Waals surface area contributed by atoms with Crippen molar-refractivity contribution in [1.29, 1.82) is 0 Å². The number of nitrogens with one attached hydrogen (secondary N) is 2. The second kappa shape index (κ2) is 13.1. The monoisotopic (exact) mass is 564 g/mol. The van der Waals surface area contributed by atoms with Crippen molar-refractivity contribution in [2.75, 3.05) is 27.7 Å². The van der Waals surface area contributed by atoms with E-state index in [0.717, 1.165) is 5.56 Å². The zero-order valence-corrected chi connectivity index (χ0v) is 24.3. The van der Waals surface area contributed by atoms with E-state index in [-0.39, 0.29) is 23.5 Å². The summed E-state index contributed by atoms with van der Waals surface area (Å²) in [4.78, 5) is 44.7. The van der Waals surface area contributed by atoms with Gasteiger partial charge in [-0.05, 0) is 68.4 Å². The van der Waals surface area contributed by atoms with Gasteiger partial charge >= 0.3 is 0 Å². The highest BCUT2D eigenvalue weighted by Gasteiger charge is 2.46. The Kier molecular flexibility index (Phi) is 9.54. The normalized spacial score (nSPS) is 22.3. The zero-order chi connectivity index (χ0) is 29.7. The fraction of sp³-hybridized carbons (Fsp3) is 0.452. The standard InChI is InChI=1S/C31H40N4O6/c1-6-19(2)27-29(37)32-15-13-21-18-23(11-12-25(21)40-5)41-26-14-16-35(28(26)30(38)33-27)31(39)24(34(3)4)17-20-7-9-22(36)10-8-20/h7-13,15,18-19,24,26-28,36H,6,14,16-17H2,1-5H3,(H,32,37)(H,33,38). The Labute approximate surface area is 241 Å². The summed E-state index contributed by atoms with van der Waals surface area (Å²) >= 11 is 0. The summed E-state index contributed by atoms with van der Waals surface area (Å²) in [5.74, 6) is 0.152. The van der Waals surface area contributed by atoms with E-state index in [2.05, 4.69) is 10.6 Å². The lowest BCUT2D eigenvalue weighted by Gasteiger charge is -2.34. The molecule has 5 unspecified atom stereocenters. The molecule has 0 spiro atoms. The van der Waals surface area contributed by atoms with Crippen molar-refractivity contribution < 1.29 is 29.0 Å². The smallest absolute Gasteiger partial charge is 0.247 e. The lowest BCUT2D eigenvalue weighted by Crippen LogP contribution is -2.59. The van der Waals surface area contributed by atoms with E-state index >= 15 is 0 Å². The summed E-state index contributed by atoms with van der Waals surface area (Å²) in [6.07, 6.45) is 4.14. The summed E-state index contributed by atoms with van der Waals surface area (Å²) in [7, 11) is 5.22. The van der Waals surface area contributed by atoms with Gasteiger partial charge in [0.05, 0.1) is 13.2 Å². The molecule has 3 N–H and O–H groups in total. The first-order chi connectivity index (χ1) is 19.6. The number of carbonyl (C=O) groups is 3. The van der Waals surface area contributed by atoms with Gasteiger partial charge in [-0.2, -0.15) is 0 Å².